The summed E-state index contributed by atoms with van der Waals surface area (Å²) in [6, 6.07) is 0. The molecule has 8 atom stereocenters. The summed E-state index contributed by atoms with van der Waals surface area (Å²) in [5.41, 5.74) is 0. The van der Waals surface area contributed by atoms with Crippen molar-refractivity contribution in [3.63, 3.8) is 0 Å². The fourth-order valence-corrected chi connectivity index (χ4v) is 7.32. The van der Waals surface area contributed by atoms with Crippen molar-refractivity contribution >= 4 is 19.8 Å². The molecule has 0 aliphatic heterocycles. The van der Waals surface area contributed by atoms with E-state index in [9.17, 15) is 44.6 Å². The highest BCUT2D eigenvalue weighted by Crippen LogP contribution is 2.47. The average Bonchev–Trinajstić information content (AvgIpc) is 3.12. The van der Waals surface area contributed by atoms with Crippen molar-refractivity contribution in [3.05, 3.63) is 0 Å². The van der Waals surface area contributed by atoms with Gasteiger partial charge in [-0.25, -0.2) is 4.57 Å². The van der Waals surface area contributed by atoms with E-state index in [1.165, 1.54) is 96.3 Å². The number of hydrogen-bond donors (Lipinski definition) is 6. The summed E-state index contributed by atoms with van der Waals surface area (Å²) < 4.78 is 33.3. The molecule has 0 aromatic heterocycles. The zero-order valence-electron chi connectivity index (χ0n) is 32.1. The Morgan fingerprint density at radius 1 is 0.519 bits per heavy atom. The van der Waals surface area contributed by atoms with Gasteiger partial charge < -0.3 is 39.9 Å². The van der Waals surface area contributed by atoms with Gasteiger partial charge in [0.1, 0.15) is 43.2 Å². The van der Waals surface area contributed by atoms with E-state index in [1.54, 1.807) is 0 Å². The monoisotopic (exact) mass is 768 g/mol. The molecule has 1 saturated carbocycles. The highest BCUT2D eigenvalue weighted by molar-refractivity contribution is 7.47. The molecule has 0 saturated heterocycles. The van der Waals surface area contributed by atoms with Gasteiger partial charge in [-0.2, -0.15) is 0 Å². The number of phosphoric acid groups is 1. The molecule has 1 rings (SSSR count). The van der Waals surface area contributed by atoms with E-state index < -0.39 is 75.7 Å². The van der Waals surface area contributed by atoms with Crippen LogP contribution >= 0.6 is 7.82 Å². The van der Waals surface area contributed by atoms with Gasteiger partial charge >= 0.3 is 19.8 Å². The molecule has 0 aromatic carbocycles. The van der Waals surface area contributed by atoms with Gasteiger partial charge in [-0.05, 0) is 12.8 Å². The summed E-state index contributed by atoms with van der Waals surface area (Å²) in [4.78, 5) is 35.4. The average molecular weight is 769 g/mol. The lowest BCUT2D eigenvalue weighted by molar-refractivity contribution is -0.220. The zero-order chi connectivity index (χ0) is 38.6. The molecule has 0 amide bonds. The molecular weight excluding hydrogens is 695 g/mol. The molecule has 1 aliphatic rings. The topological polar surface area (TPSA) is 210 Å². The smallest absolute Gasteiger partial charge is 0.462 e. The van der Waals surface area contributed by atoms with Crippen LogP contribution in [0.3, 0.4) is 0 Å². The van der Waals surface area contributed by atoms with E-state index in [-0.39, 0.29) is 12.8 Å². The Kier molecular flexibility index (Phi) is 28.3. The number of phosphoric ester groups is 1. The fraction of sp³-hybridized carbons (Fsp3) is 0.947. The van der Waals surface area contributed by atoms with Gasteiger partial charge in [0.25, 0.3) is 0 Å². The third kappa shape index (κ3) is 22.9. The van der Waals surface area contributed by atoms with Crippen molar-refractivity contribution in [1.29, 1.82) is 0 Å². The molecule has 1 fully saturated rings. The van der Waals surface area contributed by atoms with E-state index >= 15 is 0 Å². The Labute approximate surface area is 312 Å². The van der Waals surface area contributed by atoms with Gasteiger partial charge in [-0.3, -0.25) is 18.6 Å². The van der Waals surface area contributed by atoms with Crippen molar-refractivity contribution in [2.45, 2.75) is 217 Å². The van der Waals surface area contributed by atoms with Crippen molar-refractivity contribution in [1.82, 2.24) is 0 Å². The van der Waals surface area contributed by atoms with Crippen molar-refractivity contribution in [3.8, 4) is 0 Å². The molecule has 6 unspecified atom stereocenters. The van der Waals surface area contributed by atoms with Crippen LogP contribution < -0.4 is 0 Å². The van der Waals surface area contributed by atoms with Crippen LogP contribution in [0.4, 0.5) is 0 Å². The minimum Gasteiger partial charge on any atom is -0.462 e. The van der Waals surface area contributed by atoms with Crippen LogP contribution in [0.5, 0.6) is 0 Å². The minimum absolute atomic E-state index is 0.104. The first kappa shape index (κ1) is 48.9. The number of hydrogen-bond acceptors (Lipinski definition) is 12. The number of aliphatic hydroxyl groups is 5. The molecule has 0 spiro atoms. The van der Waals surface area contributed by atoms with Gasteiger partial charge in [0.2, 0.25) is 0 Å². The largest absolute Gasteiger partial charge is 0.472 e. The van der Waals surface area contributed by atoms with E-state index in [1.807, 2.05) is 0 Å². The molecule has 0 aromatic rings. The molecule has 0 heterocycles. The first-order valence-electron chi connectivity index (χ1n) is 20.3. The minimum atomic E-state index is -5.10. The van der Waals surface area contributed by atoms with Crippen molar-refractivity contribution in [2.24, 2.45) is 0 Å². The van der Waals surface area contributed by atoms with E-state index in [2.05, 4.69) is 13.8 Å². The second-order valence-corrected chi connectivity index (χ2v) is 15.9. The predicted molar refractivity (Wildman–Crippen MR) is 198 cm³/mol. The van der Waals surface area contributed by atoms with Crippen molar-refractivity contribution in [2.75, 3.05) is 13.2 Å². The third-order valence-electron chi connectivity index (χ3n) is 9.70. The molecule has 0 bridgehead atoms. The molecule has 308 valence electrons. The van der Waals surface area contributed by atoms with Gasteiger partial charge in [0, 0.05) is 12.8 Å². The predicted octanol–water partition coefficient (Wildman–Crippen LogP) is 6.55. The number of aliphatic hydroxyl groups excluding tert-OH is 5. The van der Waals surface area contributed by atoms with Crippen LogP contribution in [0.2, 0.25) is 0 Å². The third-order valence-corrected chi connectivity index (χ3v) is 10.7. The number of ether oxygens (including phenoxy) is 2. The number of rotatable bonds is 33. The SMILES string of the molecule is CCCCCCCCCCCCCCCCCC(=O)O[C@H](COC(=O)CCCCCCCCCC)COP(=O)(O)OC1C(O)C(O)C(O)[C@@H](O)C1O. The highest BCUT2D eigenvalue weighted by Gasteiger charge is 2.51. The van der Waals surface area contributed by atoms with Gasteiger partial charge in [0.15, 0.2) is 6.10 Å². The zero-order valence-corrected chi connectivity index (χ0v) is 33.0. The summed E-state index contributed by atoms with van der Waals surface area (Å²) in [5.74, 6) is -1.10. The lowest BCUT2D eigenvalue weighted by Gasteiger charge is -2.41. The first-order valence-corrected chi connectivity index (χ1v) is 21.8. The number of carbonyl (C=O) groups excluding carboxylic acids is 2. The fourth-order valence-electron chi connectivity index (χ4n) is 6.35. The Balaban J connectivity index is 2.49. The molecule has 52 heavy (non-hydrogen) atoms. The maximum atomic E-state index is 12.7. The van der Waals surface area contributed by atoms with Gasteiger partial charge in [-0.1, -0.05) is 149 Å². The van der Waals surface area contributed by atoms with E-state index in [0.717, 1.165) is 38.5 Å². The number of unbranched alkanes of at least 4 members (excludes halogenated alkanes) is 21. The molecule has 13 nitrogen and oxygen atoms in total. The van der Waals surface area contributed by atoms with E-state index in [4.69, 9.17) is 18.5 Å². The molecule has 6 N–H and O–H groups in total. The highest BCUT2D eigenvalue weighted by atomic mass is 31.2. The Bertz CT molecular complexity index is 938. The Morgan fingerprint density at radius 3 is 1.27 bits per heavy atom. The van der Waals surface area contributed by atoms with Crippen molar-refractivity contribution < 1.29 is 63.1 Å². The quantitative estimate of drug-likeness (QED) is 0.0238. The summed E-state index contributed by atoms with van der Waals surface area (Å²) in [5, 5.41) is 49.9. The van der Waals surface area contributed by atoms with Crippen LogP contribution in [-0.2, 0) is 32.7 Å². The molecular formula is C38H73O13P. The second kappa shape index (κ2) is 30.1. The summed E-state index contributed by atoms with van der Waals surface area (Å²) in [6.07, 6.45) is 13.3. The van der Waals surface area contributed by atoms with Crippen LogP contribution in [0, 0.1) is 0 Å². The summed E-state index contributed by atoms with van der Waals surface area (Å²) >= 11 is 0. The standard InChI is InChI=1S/C38H73O13P/c1-3-5-7-9-11-13-14-15-16-17-18-19-21-23-25-27-32(40)50-30(28-48-31(39)26-24-22-20-12-10-8-6-4-2)29-49-52(46,47)51-38-36(44)34(42)33(41)35(43)37(38)45/h30,33-38,41-45H,3-29H2,1-2H3,(H,46,47)/t30-,33?,34-,35?,36?,37?,38?/m1/s1. The maximum Gasteiger partial charge on any atom is 0.472 e. The maximum absolute atomic E-state index is 12.7. The Morgan fingerprint density at radius 2 is 0.865 bits per heavy atom. The number of carbonyl (C=O) groups is 2. The summed E-state index contributed by atoms with van der Waals surface area (Å²) in [6.45, 7) is 3.24. The van der Waals surface area contributed by atoms with Crippen LogP contribution in [0.25, 0.3) is 0 Å². The van der Waals surface area contributed by atoms with Crippen LogP contribution in [0.1, 0.15) is 174 Å². The van der Waals surface area contributed by atoms with Crippen LogP contribution in [0.15, 0.2) is 0 Å². The molecule has 1 aliphatic carbocycles. The Hall–Kier alpha value is -1.15. The second-order valence-electron chi connectivity index (χ2n) is 14.5. The lowest BCUT2D eigenvalue weighted by atomic mass is 9.85. The molecule has 0 radical (unpaired) electrons. The van der Waals surface area contributed by atoms with E-state index in [0.29, 0.717) is 12.8 Å². The molecule has 14 heteroatoms. The van der Waals surface area contributed by atoms with Gasteiger partial charge in [-0.15, -0.1) is 0 Å². The number of esters is 2. The van der Waals surface area contributed by atoms with Gasteiger partial charge in [0.05, 0.1) is 6.61 Å². The van der Waals surface area contributed by atoms with Crippen LogP contribution in [-0.4, -0.2) is 98.3 Å². The summed E-state index contributed by atoms with van der Waals surface area (Å²) in [7, 11) is -5.10. The first-order chi connectivity index (χ1) is 24.9. The normalized spacial score (nSPS) is 23.6. The lowest BCUT2D eigenvalue weighted by Crippen LogP contribution is -2.64.